The smallest absolute Gasteiger partial charge is 0.110 e. The summed E-state index contributed by atoms with van der Waals surface area (Å²) in [7, 11) is 0. The van der Waals surface area contributed by atoms with Gasteiger partial charge in [0.1, 0.15) is 5.82 Å². The molecule has 0 spiro atoms. The number of nitrogens with one attached hydrogen (secondary N) is 1. The monoisotopic (exact) mass is 241 g/mol. The zero-order valence-electron chi connectivity index (χ0n) is 11.2. The van der Waals surface area contributed by atoms with Crippen LogP contribution in [0, 0.1) is 20.8 Å². The van der Waals surface area contributed by atoms with Crippen molar-refractivity contribution < 1.29 is 0 Å². The quantitative estimate of drug-likeness (QED) is 0.831. The van der Waals surface area contributed by atoms with Crippen LogP contribution >= 0.6 is 0 Å². The topological polar surface area (TPSA) is 29.9 Å². The van der Waals surface area contributed by atoms with E-state index in [0.29, 0.717) is 0 Å². The zero-order valence-corrected chi connectivity index (χ0v) is 11.2. The molecule has 0 saturated heterocycles. The van der Waals surface area contributed by atoms with E-state index < -0.39 is 0 Å². The maximum atomic E-state index is 4.70. The normalized spacial score (nSPS) is 14.6. The Bertz CT molecular complexity index is 596. The molecule has 1 aromatic carbocycles. The molecule has 0 amide bonds. The summed E-state index contributed by atoms with van der Waals surface area (Å²) < 4.78 is 2.33. The summed E-state index contributed by atoms with van der Waals surface area (Å²) >= 11 is 0. The Kier molecular flexibility index (Phi) is 2.71. The molecule has 0 fully saturated rings. The molecule has 0 bridgehead atoms. The first-order valence-electron chi connectivity index (χ1n) is 6.53. The van der Waals surface area contributed by atoms with E-state index >= 15 is 0 Å². The third-order valence-electron chi connectivity index (χ3n) is 3.87. The first-order valence-corrected chi connectivity index (χ1v) is 6.53. The molecular formula is C15H19N3. The highest BCUT2D eigenvalue weighted by Crippen LogP contribution is 2.24. The molecule has 0 atom stereocenters. The Balaban J connectivity index is 2.23. The fourth-order valence-electron chi connectivity index (χ4n) is 2.74. The lowest BCUT2D eigenvalue weighted by Crippen LogP contribution is -2.24. The second-order valence-corrected chi connectivity index (χ2v) is 5.03. The number of nitrogens with zero attached hydrogens (tertiary/aromatic N) is 2. The van der Waals surface area contributed by atoms with Crippen molar-refractivity contribution in [3.63, 3.8) is 0 Å². The minimum Gasteiger partial charge on any atom is -0.311 e. The highest BCUT2D eigenvalue weighted by molar-refractivity contribution is 5.47. The van der Waals surface area contributed by atoms with Gasteiger partial charge in [0, 0.05) is 25.2 Å². The molecule has 3 heteroatoms. The number of hydrogen-bond acceptors (Lipinski definition) is 2. The van der Waals surface area contributed by atoms with E-state index in [9.17, 15) is 0 Å². The molecule has 18 heavy (non-hydrogen) atoms. The van der Waals surface area contributed by atoms with Crippen molar-refractivity contribution in [1.82, 2.24) is 14.9 Å². The summed E-state index contributed by atoms with van der Waals surface area (Å²) in [6.07, 6.45) is 1.06. The largest absolute Gasteiger partial charge is 0.311 e. The Morgan fingerprint density at radius 3 is 2.89 bits per heavy atom. The minimum absolute atomic E-state index is 0.897. The van der Waals surface area contributed by atoms with Crippen LogP contribution in [-0.4, -0.2) is 16.1 Å². The van der Waals surface area contributed by atoms with Gasteiger partial charge in [-0.05, 0) is 38.0 Å². The van der Waals surface area contributed by atoms with Gasteiger partial charge in [0.25, 0.3) is 0 Å². The molecule has 0 saturated carbocycles. The Morgan fingerprint density at radius 1 is 1.22 bits per heavy atom. The first-order chi connectivity index (χ1) is 8.68. The van der Waals surface area contributed by atoms with Gasteiger partial charge in [-0.25, -0.2) is 4.98 Å². The summed E-state index contributed by atoms with van der Waals surface area (Å²) in [5.41, 5.74) is 6.55. The fourth-order valence-corrected chi connectivity index (χ4v) is 2.74. The average molecular weight is 241 g/mol. The van der Waals surface area contributed by atoms with Gasteiger partial charge in [0.05, 0.1) is 11.4 Å². The van der Waals surface area contributed by atoms with E-state index in [1.165, 1.54) is 28.2 Å². The van der Waals surface area contributed by atoms with Crippen molar-refractivity contribution in [2.45, 2.75) is 33.7 Å². The molecule has 2 heterocycles. The third kappa shape index (κ3) is 1.66. The van der Waals surface area contributed by atoms with Gasteiger partial charge >= 0.3 is 0 Å². The summed E-state index contributed by atoms with van der Waals surface area (Å²) in [5.74, 6) is 1.09. The highest BCUT2D eigenvalue weighted by atomic mass is 15.1. The number of benzene rings is 1. The van der Waals surface area contributed by atoms with E-state index in [-0.39, 0.29) is 0 Å². The Morgan fingerprint density at radius 2 is 2.06 bits per heavy atom. The van der Waals surface area contributed by atoms with Gasteiger partial charge in [-0.15, -0.1) is 0 Å². The second kappa shape index (κ2) is 4.25. The van der Waals surface area contributed by atoms with Crippen LogP contribution in [0.5, 0.6) is 0 Å². The molecule has 2 aromatic rings. The number of imidazole rings is 1. The number of hydrogen-bond donors (Lipinski definition) is 1. The SMILES string of the molecule is Cc1cccc(-n2c(C)nc3c2CCNC3)c1C. The van der Waals surface area contributed by atoms with E-state index in [0.717, 1.165) is 25.3 Å². The molecule has 3 rings (SSSR count). The molecule has 94 valence electrons. The van der Waals surface area contributed by atoms with Crippen LogP contribution in [0.15, 0.2) is 18.2 Å². The molecule has 1 aliphatic heterocycles. The predicted molar refractivity (Wildman–Crippen MR) is 73.2 cm³/mol. The van der Waals surface area contributed by atoms with Crippen molar-refractivity contribution in [1.29, 1.82) is 0 Å². The van der Waals surface area contributed by atoms with Crippen LogP contribution in [0.25, 0.3) is 5.69 Å². The maximum absolute atomic E-state index is 4.70. The highest BCUT2D eigenvalue weighted by Gasteiger charge is 2.19. The lowest BCUT2D eigenvalue weighted by molar-refractivity contribution is 0.619. The molecule has 3 nitrogen and oxygen atoms in total. The summed E-state index contributed by atoms with van der Waals surface area (Å²) in [6.45, 7) is 8.40. The van der Waals surface area contributed by atoms with E-state index in [1.807, 2.05) is 0 Å². The van der Waals surface area contributed by atoms with Gasteiger partial charge in [-0.2, -0.15) is 0 Å². The number of rotatable bonds is 1. The third-order valence-corrected chi connectivity index (χ3v) is 3.87. The number of aryl methyl sites for hydroxylation is 2. The van der Waals surface area contributed by atoms with E-state index in [4.69, 9.17) is 4.98 Å². The molecule has 1 aliphatic rings. The van der Waals surface area contributed by atoms with Crippen LogP contribution in [0.3, 0.4) is 0 Å². The van der Waals surface area contributed by atoms with Crippen LogP contribution in [0.2, 0.25) is 0 Å². The Labute approximate surface area is 108 Å². The van der Waals surface area contributed by atoms with Crippen molar-refractivity contribution in [3.05, 3.63) is 46.5 Å². The maximum Gasteiger partial charge on any atom is 0.110 e. The van der Waals surface area contributed by atoms with Crippen LogP contribution in [0.1, 0.15) is 28.3 Å². The zero-order chi connectivity index (χ0) is 12.7. The van der Waals surface area contributed by atoms with Crippen LogP contribution in [0.4, 0.5) is 0 Å². The lowest BCUT2D eigenvalue weighted by atomic mass is 10.1. The summed E-state index contributed by atoms with van der Waals surface area (Å²) in [6, 6.07) is 6.49. The lowest BCUT2D eigenvalue weighted by Gasteiger charge is -2.18. The van der Waals surface area contributed by atoms with Crippen molar-refractivity contribution >= 4 is 0 Å². The molecular weight excluding hydrogens is 222 g/mol. The molecule has 1 N–H and O–H groups in total. The predicted octanol–water partition coefficient (Wildman–Crippen LogP) is 2.44. The fraction of sp³-hybridized carbons (Fsp3) is 0.400. The molecule has 0 unspecified atom stereocenters. The van der Waals surface area contributed by atoms with Gasteiger partial charge in [0.2, 0.25) is 0 Å². The molecule has 0 radical (unpaired) electrons. The standard InChI is InChI=1S/C15H19N3/c1-10-5-4-6-14(11(10)2)18-12(3)17-13-9-16-8-7-15(13)18/h4-6,16H,7-9H2,1-3H3. The first kappa shape index (κ1) is 11.5. The average Bonchev–Trinajstić information content (AvgIpc) is 2.69. The number of fused-ring (bicyclic) bond motifs is 1. The van der Waals surface area contributed by atoms with Gasteiger partial charge in [0.15, 0.2) is 0 Å². The second-order valence-electron chi connectivity index (χ2n) is 5.03. The molecule has 0 aliphatic carbocycles. The van der Waals surface area contributed by atoms with E-state index in [1.54, 1.807) is 0 Å². The van der Waals surface area contributed by atoms with Crippen LogP contribution in [-0.2, 0) is 13.0 Å². The van der Waals surface area contributed by atoms with Crippen molar-refractivity contribution in [2.75, 3.05) is 6.54 Å². The summed E-state index contributed by atoms with van der Waals surface area (Å²) in [5, 5.41) is 3.38. The number of aromatic nitrogens is 2. The van der Waals surface area contributed by atoms with Crippen LogP contribution < -0.4 is 5.32 Å². The van der Waals surface area contributed by atoms with Gasteiger partial charge in [-0.1, -0.05) is 12.1 Å². The van der Waals surface area contributed by atoms with E-state index in [2.05, 4.69) is 48.9 Å². The summed E-state index contributed by atoms with van der Waals surface area (Å²) in [4.78, 5) is 4.70. The van der Waals surface area contributed by atoms with Gasteiger partial charge in [-0.3, -0.25) is 0 Å². The minimum atomic E-state index is 0.897. The van der Waals surface area contributed by atoms with Crippen molar-refractivity contribution in [2.24, 2.45) is 0 Å². The Hall–Kier alpha value is -1.61. The van der Waals surface area contributed by atoms with Gasteiger partial charge < -0.3 is 9.88 Å². The molecule has 1 aromatic heterocycles. The van der Waals surface area contributed by atoms with Crippen molar-refractivity contribution in [3.8, 4) is 5.69 Å².